The van der Waals surface area contributed by atoms with Crippen LogP contribution in [0.1, 0.15) is 76.0 Å². The van der Waals surface area contributed by atoms with Gasteiger partial charge in [-0.1, -0.05) is 58.7 Å². The number of methoxy groups -OCH3 is 2. The monoisotopic (exact) mass is 369 g/mol. The lowest BCUT2D eigenvalue weighted by Gasteiger charge is -2.23. The van der Waals surface area contributed by atoms with E-state index in [1.165, 1.54) is 16.7 Å². The molecule has 0 atom stereocenters. The molecule has 0 aliphatic carbocycles. The van der Waals surface area contributed by atoms with Gasteiger partial charge in [-0.2, -0.15) is 0 Å². The molecule has 2 rings (SSSR count). The van der Waals surface area contributed by atoms with Crippen molar-refractivity contribution in [3.05, 3.63) is 41.0 Å². The summed E-state index contributed by atoms with van der Waals surface area (Å²) in [6.45, 7) is 8.85. The Kier molecular flexibility index (Phi) is 8.15. The molecule has 0 N–H and O–H groups in total. The summed E-state index contributed by atoms with van der Waals surface area (Å²) in [5, 5.41) is 0. The lowest BCUT2D eigenvalue weighted by Crippen LogP contribution is -2.07. The third-order valence-electron chi connectivity index (χ3n) is 5.34. The summed E-state index contributed by atoms with van der Waals surface area (Å²) in [4.78, 5) is 4.97. The molecule has 0 unspecified atom stereocenters. The van der Waals surface area contributed by atoms with Crippen molar-refractivity contribution in [3.63, 3.8) is 0 Å². The second-order valence-corrected chi connectivity index (χ2v) is 7.07. The fourth-order valence-electron chi connectivity index (χ4n) is 4.04. The van der Waals surface area contributed by atoms with E-state index in [2.05, 4.69) is 52.0 Å². The van der Waals surface area contributed by atoms with Gasteiger partial charge >= 0.3 is 0 Å². The Labute approximate surface area is 165 Å². The van der Waals surface area contributed by atoms with Crippen molar-refractivity contribution in [2.75, 3.05) is 14.2 Å². The fraction of sp³-hybridized carbons (Fsp3) is 0.542. The maximum absolute atomic E-state index is 5.85. The van der Waals surface area contributed by atoms with Crippen molar-refractivity contribution in [3.8, 4) is 22.9 Å². The average Bonchev–Trinajstić information content (AvgIpc) is 2.71. The zero-order valence-electron chi connectivity index (χ0n) is 17.9. The van der Waals surface area contributed by atoms with Crippen LogP contribution in [-0.4, -0.2) is 19.2 Å². The molecule has 0 spiro atoms. The molecule has 0 saturated heterocycles. The molecule has 0 fully saturated rings. The smallest absolute Gasteiger partial charge is 0.220 e. The first kappa shape index (κ1) is 21.3. The minimum atomic E-state index is 0.415. The van der Waals surface area contributed by atoms with Crippen LogP contribution in [0.3, 0.4) is 0 Å². The van der Waals surface area contributed by atoms with E-state index < -0.39 is 0 Å². The predicted octanol–water partition coefficient (Wildman–Crippen LogP) is 6.57. The van der Waals surface area contributed by atoms with E-state index in [1.807, 2.05) is 0 Å². The standard InChI is InChI=1S/C24H35NO2/c1-7-12-19(13-8-2)23-21(26-5)16-20(25-24(23)27-6)22-17(9-3)14-11-15-18(22)10-4/h11,14-16,19H,7-10,12-13H2,1-6H3. The van der Waals surface area contributed by atoms with Gasteiger partial charge in [-0.3, -0.25) is 0 Å². The Morgan fingerprint density at radius 1 is 0.889 bits per heavy atom. The van der Waals surface area contributed by atoms with Gasteiger partial charge in [0.05, 0.1) is 25.5 Å². The normalized spacial score (nSPS) is 11.1. The maximum atomic E-state index is 5.85. The molecule has 0 aliphatic rings. The van der Waals surface area contributed by atoms with Crippen molar-refractivity contribution >= 4 is 0 Å². The van der Waals surface area contributed by atoms with Crippen molar-refractivity contribution in [1.29, 1.82) is 0 Å². The van der Waals surface area contributed by atoms with Crippen molar-refractivity contribution in [1.82, 2.24) is 4.98 Å². The molecule has 0 saturated carbocycles. The number of ether oxygens (including phenoxy) is 2. The molecule has 3 nitrogen and oxygen atoms in total. The molecule has 0 aliphatic heterocycles. The minimum absolute atomic E-state index is 0.415. The number of pyridine rings is 1. The fourth-order valence-corrected chi connectivity index (χ4v) is 4.04. The lowest BCUT2D eigenvalue weighted by atomic mass is 9.89. The van der Waals surface area contributed by atoms with Crippen molar-refractivity contribution in [2.45, 2.75) is 72.1 Å². The second kappa shape index (κ2) is 10.3. The Hall–Kier alpha value is -2.03. The summed E-state index contributed by atoms with van der Waals surface area (Å²) < 4.78 is 11.6. The average molecular weight is 370 g/mol. The van der Waals surface area contributed by atoms with Crippen molar-refractivity contribution in [2.24, 2.45) is 0 Å². The lowest BCUT2D eigenvalue weighted by molar-refractivity contribution is 0.362. The van der Waals surface area contributed by atoms with Crippen LogP contribution in [0.25, 0.3) is 11.3 Å². The number of hydrogen-bond donors (Lipinski definition) is 0. The first-order valence-electron chi connectivity index (χ1n) is 10.4. The molecular weight excluding hydrogens is 334 g/mol. The second-order valence-electron chi connectivity index (χ2n) is 7.07. The van der Waals surface area contributed by atoms with Gasteiger partial charge in [0, 0.05) is 11.6 Å². The molecule has 0 radical (unpaired) electrons. The zero-order valence-corrected chi connectivity index (χ0v) is 17.9. The summed E-state index contributed by atoms with van der Waals surface area (Å²) in [7, 11) is 3.47. The number of aryl methyl sites for hydroxylation is 2. The molecule has 1 aromatic heterocycles. The molecule has 27 heavy (non-hydrogen) atoms. The topological polar surface area (TPSA) is 31.4 Å². The Morgan fingerprint density at radius 3 is 1.93 bits per heavy atom. The van der Waals surface area contributed by atoms with Crippen molar-refractivity contribution < 1.29 is 9.47 Å². The zero-order chi connectivity index (χ0) is 19.8. The maximum Gasteiger partial charge on any atom is 0.220 e. The summed E-state index contributed by atoms with van der Waals surface area (Å²) in [6, 6.07) is 8.65. The van der Waals surface area contributed by atoms with E-state index in [0.717, 1.165) is 55.5 Å². The first-order valence-corrected chi connectivity index (χ1v) is 10.4. The van der Waals surface area contributed by atoms with Crippen LogP contribution >= 0.6 is 0 Å². The molecule has 0 bridgehead atoms. The first-order chi connectivity index (χ1) is 13.1. The number of rotatable bonds is 10. The molecule has 0 amide bonds. The third-order valence-corrected chi connectivity index (χ3v) is 5.34. The number of nitrogens with zero attached hydrogens (tertiary/aromatic N) is 1. The van der Waals surface area contributed by atoms with Gasteiger partial charge in [0.15, 0.2) is 0 Å². The summed E-state index contributed by atoms with van der Waals surface area (Å²) in [6.07, 6.45) is 6.46. The number of benzene rings is 1. The van der Waals surface area contributed by atoms with Crippen LogP contribution in [0.4, 0.5) is 0 Å². The van der Waals surface area contributed by atoms with Gasteiger partial charge in [0.25, 0.3) is 0 Å². The SMILES string of the molecule is CCCC(CCC)c1c(OC)cc(-c2c(CC)cccc2CC)nc1OC. The number of aromatic nitrogens is 1. The minimum Gasteiger partial charge on any atom is -0.496 e. The van der Waals surface area contributed by atoms with Crippen LogP contribution in [0.2, 0.25) is 0 Å². The molecule has 1 aromatic carbocycles. The largest absolute Gasteiger partial charge is 0.496 e. The summed E-state index contributed by atoms with van der Waals surface area (Å²) >= 11 is 0. The summed E-state index contributed by atoms with van der Waals surface area (Å²) in [5.74, 6) is 2.03. The van der Waals surface area contributed by atoms with Crippen LogP contribution in [0, 0.1) is 0 Å². The van der Waals surface area contributed by atoms with Gasteiger partial charge in [-0.25, -0.2) is 4.98 Å². The molecule has 3 heteroatoms. The van der Waals surface area contributed by atoms with Gasteiger partial charge in [-0.05, 0) is 42.7 Å². The molecular formula is C24H35NO2. The van der Waals surface area contributed by atoms with E-state index in [-0.39, 0.29) is 0 Å². The quantitative estimate of drug-likeness (QED) is 0.474. The van der Waals surface area contributed by atoms with E-state index in [0.29, 0.717) is 11.8 Å². The molecule has 2 aromatic rings. The van der Waals surface area contributed by atoms with Gasteiger partial charge in [-0.15, -0.1) is 0 Å². The highest BCUT2D eigenvalue weighted by Crippen LogP contribution is 2.42. The van der Waals surface area contributed by atoms with Gasteiger partial charge in [0.1, 0.15) is 5.75 Å². The highest BCUT2D eigenvalue weighted by molar-refractivity contribution is 5.71. The van der Waals surface area contributed by atoms with Crippen LogP contribution in [0.5, 0.6) is 11.6 Å². The van der Waals surface area contributed by atoms with Crippen LogP contribution < -0.4 is 9.47 Å². The van der Waals surface area contributed by atoms with E-state index in [1.54, 1.807) is 14.2 Å². The number of hydrogen-bond acceptors (Lipinski definition) is 3. The Balaban J connectivity index is 2.69. The van der Waals surface area contributed by atoms with Crippen LogP contribution in [0.15, 0.2) is 24.3 Å². The highest BCUT2D eigenvalue weighted by Gasteiger charge is 2.24. The third kappa shape index (κ3) is 4.63. The molecule has 1 heterocycles. The van der Waals surface area contributed by atoms with Gasteiger partial charge < -0.3 is 9.47 Å². The van der Waals surface area contributed by atoms with E-state index in [9.17, 15) is 0 Å². The van der Waals surface area contributed by atoms with E-state index in [4.69, 9.17) is 14.5 Å². The highest BCUT2D eigenvalue weighted by atomic mass is 16.5. The van der Waals surface area contributed by atoms with Crippen LogP contribution in [-0.2, 0) is 12.8 Å². The van der Waals surface area contributed by atoms with Gasteiger partial charge in [0.2, 0.25) is 5.88 Å². The Morgan fingerprint density at radius 2 is 1.48 bits per heavy atom. The molecule has 148 valence electrons. The van der Waals surface area contributed by atoms with E-state index >= 15 is 0 Å². The summed E-state index contributed by atoms with van der Waals surface area (Å²) in [5.41, 5.74) is 5.94. The predicted molar refractivity (Wildman–Crippen MR) is 114 cm³/mol. The Bertz CT molecular complexity index is 686.